The SMILES string of the molecule is CCCCCC[C@@H](OCCCNC(=O)OCC1c2ccccc2-c2ccccc21)[C@@H](C)C(=O)O. The first-order chi connectivity index (χ1) is 16.5. The van der Waals surface area contributed by atoms with Crippen LogP contribution in [0.1, 0.15) is 69.4 Å². The number of rotatable bonds is 14. The fourth-order valence-corrected chi connectivity index (χ4v) is 4.56. The normalized spacial score (nSPS) is 14.2. The van der Waals surface area contributed by atoms with E-state index in [1.807, 2.05) is 24.3 Å². The molecule has 0 fully saturated rings. The van der Waals surface area contributed by atoms with Gasteiger partial charge in [0.1, 0.15) is 6.61 Å². The van der Waals surface area contributed by atoms with Gasteiger partial charge in [0.2, 0.25) is 0 Å². The number of nitrogens with one attached hydrogen (secondary N) is 1. The van der Waals surface area contributed by atoms with Gasteiger partial charge in [-0.25, -0.2) is 4.79 Å². The van der Waals surface area contributed by atoms with E-state index in [2.05, 4.69) is 36.5 Å². The number of amides is 1. The number of hydrogen-bond donors (Lipinski definition) is 2. The summed E-state index contributed by atoms with van der Waals surface area (Å²) in [6, 6.07) is 16.5. The van der Waals surface area contributed by atoms with Gasteiger partial charge >= 0.3 is 12.1 Å². The van der Waals surface area contributed by atoms with Crippen molar-refractivity contribution in [1.29, 1.82) is 0 Å². The second-order valence-corrected chi connectivity index (χ2v) is 8.99. The summed E-state index contributed by atoms with van der Waals surface area (Å²) >= 11 is 0. The number of carboxylic acids is 1. The molecule has 34 heavy (non-hydrogen) atoms. The minimum atomic E-state index is -0.836. The lowest BCUT2D eigenvalue weighted by Crippen LogP contribution is -2.30. The Labute approximate surface area is 202 Å². The van der Waals surface area contributed by atoms with Gasteiger partial charge in [0.05, 0.1) is 12.0 Å². The van der Waals surface area contributed by atoms with E-state index in [-0.39, 0.29) is 18.6 Å². The third-order valence-electron chi connectivity index (χ3n) is 6.56. The van der Waals surface area contributed by atoms with E-state index in [1.165, 1.54) is 22.3 Å². The van der Waals surface area contributed by atoms with E-state index in [9.17, 15) is 14.7 Å². The van der Waals surface area contributed by atoms with Crippen LogP contribution >= 0.6 is 0 Å². The highest BCUT2D eigenvalue weighted by Gasteiger charge is 2.29. The minimum absolute atomic E-state index is 0.0347. The van der Waals surface area contributed by atoms with Crippen molar-refractivity contribution in [3.63, 3.8) is 0 Å². The molecule has 0 heterocycles. The first-order valence-corrected chi connectivity index (χ1v) is 12.5. The Morgan fingerprint density at radius 2 is 1.62 bits per heavy atom. The van der Waals surface area contributed by atoms with Gasteiger partial charge in [0, 0.05) is 19.1 Å². The van der Waals surface area contributed by atoms with Crippen molar-refractivity contribution in [3.05, 3.63) is 59.7 Å². The molecule has 0 spiro atoms. The molecule has 1 amide bonds. The molecule has 0 radical (unpaired) electrons. The van der Waals surface area contributed by atoms with E-state index >= 15 is 0 Å². The maximum absolute atomic E-state index is 12.3. The number of carbonyl (C=O) groups excluding carboxylic acids is 1. The van der Waals surface area contributed by atoms with Crippen molar-refractivity contribution >= 4 is 12.1 Å². The summed E-state index contributed by atoms with van der Waals surface area (Å²) in [7, 11) is 0. The van der Waals surface area contributed by atoms with E-state index in [0.29, 0.717) is 19.6 Å². The molecule has 1 aliphatic carbocycles. The minimum Gasteiger partial charge on any atom is -0.481 e. The molecule has 6 nitrogen and oxygen atoms in total. The Kier molecular flexibility index (Phi) is 9.95. The number of fused-ring (bicyclic) bond motifs is 3. The summed E-state index contributed by atoms with van der Waals surface area (Å²) in [6.45, 7) is 4.95. The van der Waals surface area contributed by atoms with Crippen LogP contribution in [0.3, 0.4) is 0 Å². The molecule has 0 saturated heterocycles. The summed E-state index contributed by atoms with van der Waals surface area (Å²) in [6.07, 6.45) is 4.94. The summed E-state index contributed by atoms with van der Waals surface area (Å²) in [4.78, 5) is 23.7. The lowest BCUT2D eigenvalue weighted by Gasteiger charge is -2.21. The van der Waals surface area contributed by atoms with Gasteiger partial charge in [0.15, 0.2) is 0 Å². The predicted octanol–water partition coefficient (Wildman–Crippen LogP) is 5.99. The third kappa shape index (κ3) is 6.83. The number of carbonyl (C=O) groups is 2. The predicted molar refractivity (Wildman–Crippen MR) is 133 cm³/mol. The zero-order chi connectivity index (χ0) is 24.3. The lowest BCUT2D eigenvalue weighted by atomic mass is 9.98. The fraction of sp³-hybridized carbons (Fsp3) is 0.500. The lowest BCUT2D eigenvalue weighted by molar-refractivity contribution is -0.146. The molecular formula is C28H37NO5. The highest BCUT2D eigenvalue weighted by Crippen LogP contribution is 2.44. The monoisotopic (exact) mass is 467 g/mol. The van der Waals surface area contributed by atoms with E-state index in [1.54, 1.807) is 6.92 Å². The fourth-order valence-electron chi connectivity index (χ4n) is 4.56. The second-order valence-electron chi connectivity index (χ2n) is 8.99. The van der Waals surface area contributed by atoms with Crippen LogP contribution in [-0.4, -0.2) is 43.0 Å². The van der Waals surface area contributed by atoms with Crippen LogP contribution in [0, 0.1) is 5.92 Å². The Morgan fingerprint density at radius 1 is 0.971 bits per heavy atom. The molecule has 0 aliphatic heterocycles. The van der Waals surface area contributed by atoms with Crippen LogP contribution in [0.25, 0.3) is 11.1 Å². The van der Waals surface area contributed by atoms with Gasteiger partial charge < -0.3 is 19.9 Å². The Hall–Kier alpha value is -2.86. The molecule has 0 bridgehead atoms. The van der Waals surface area contributed by atoms with Crippen molar-refractivity contribution in [3.8, 4) is 11.1 Å². The molecule has 0 unspecified atom stereocenters. The van der Waals surface area contributed by atoms with Crippen molar-refractivity contribution < 1.29 is 24.2 Å². The van der Waals surface area contributed by atoms with Crippen LogP contribution in [-0.2, 0) is 14.3 Å². The van der Waals surface area contributed by atoms with Crippen LogP contribution in [0.5, 0.6) is 0 Å². The molecule has 6 heteroatoms. The average Bonchev–Trinajstić information content (AvgIpc) is 3.17. The maximum atomic E-state index is 12.3. The highest BCUT2D eigenvalue weighted by atomic mass is 16.5. The molecule has 2 N–H and O–H groups in total. The number of ether oxygens (including phenoxy) is 2. The van der Waals surface area contributed by atoms with Crippen molar-refractivity contribution in [2.24, 2.45) is 5.92 Å². The quantitative estimate of drug-likeness (QED) is 0.333. The van der Waals surface area contributed by atoms with Gasteiger partial charge in [-0.15, -0.1) is 0 Å². The van der Waals surface area contributed by atoms with Gasteiger partial charge in [-0.05, 0) is 42.0 Å². The Bertz CT molecular complexity index is 898. The van der Waals surface area contributed by atoms with Crippen molar-refractivity contribution in [1.82, 2.24) is 5.32 Å². The Morgan fingerprint density at radius 3 is 2.24 bits per heavy atom. The van der Waals surface area contributed by atoms with E-state index in [0.717, 1.165) is 32.1 Å². The molecule has 1 aliphatic rings. The van der Waals surface area contributed by atoms with Gasteiger partial charge in [-0.1, -0.05) is 81.1 Å². The average molecular weight is 468 g/mol. The van der Waals surface area contributed by atoms with Gasteiger partial charge in [-0.3, -0.25) is 4.79 Å². The summed E-state index contributed by atoms with van der Waals surface area (Å²) in [5, 5.41) is 12.1. The smallest absolute Gasteiger partial charge is 0.407 e. The molecule has 2 aromatic carbocycles. The van der Waals surface area contributed by atoms with E-state index in [4.69, 9.17) is 9.47 Å². The third-order valence-corrected chi connectivity index (χ3v) is 6.56. The van der Waals surface area contributed by atoms with Crippen molar-refractivity contribution in [2.75, 3.05) is 19.8 Å². The topological polar surface area (TPSA) is 84.9 Å². The molecule has 2 atom stereocenters. The number of benzene rings is 2. The molecular weight excluding hydrogens is 430 g/mol. The molecule has 0 aromatic heterocycles. The first-order valence-electron chi connectivity index (χ1n) is 12.5. The van der Waals surface area contributed by atoms with Gasteiger partial charge in [-0.2, -0.15) is 0 Å². The molecule has 3 rings (SSSR count). The molecule has 0 saturated carbocycles. The standard InChI is InChI=1S/C28H37NO5/c1-3-4-5-6-16-26(20(2)27(30)31)33-18-11-17-29-28(32)34-19-25-23-14-9-7-12-21(23)22-13-8-10-15-24(22)25/h7-10,12-15,20,25-26H,3-6,11,16-19H2,1-2H3,(H,29,32)(H,30,31)/t20-,26-/m1/s1. The van der Waals surface area contributed by atoms with Crippen LogP contribution < -0.4 is 5.32 Å². The molecule has 184 valence electrons. The second kappa shape index (κ2) is 13.1. The number of unbranched alkanes of at least 4 members (excludes halogenated alkanes) is 3. The van der Waals surface area contributed by atoms with E-state index < -0.39 is 18.0 Å². The zero-order valence-corrected chi connectivity index (χ0v) is 20.3. The van der Waals surface area contributed by atoms with Crippen molar-refractivity contribution in [2.45, 2.75) is 64.4 Å². The Balaban J connectivity index is 1.40. The number of alkyl carbamates (subject to hydrolysis) is 1. The summed E-state index contributed by atoms with van der Waals surface area (Å²) in [5.74, 6) is -1.35. The highest BCUT2D eigenvalue weighted by molar-refractivity contribution is 5.79. The number of carboxylic acid groups (broad SMARTS) is 1. The van der Waals surface area contributed by atoms with Crippen LogP contribution in [0.2, 0.25) is 0 Å². The summed E-state index contributed by atoms with van der Waals surface area (Å²) in [5.41, 5.74) is 4.76. The number of aliphatic carboxylic acids is 1. The maximum Gasteiger partial charge on any atom is 0.407 e. The zero-order valence-electron chi connectivity index (χ0n) is 20.3. The number of hydrogen-bond acceptors (Lipinski definition) is 4. The first kappa shape index (κ1) is 25.8. The van der Waals surface area contributed by atoms with Gasteiger partial charge in [0.25, 0.3) is 0 Å². The summed E-state index contributed by atoms with van der Waals surface area (Å²) < 4.78 is 11.4. The van der Waals surface area contributed by atoms with Crippen LogP contribution in [0.15, 0.2) is 48.5 Å². The molecule has 2 aromatic rings. The van der Waals surface area contributed by atoms with Crippen LogP contribution in [0.4, 0.5) is 4.79 Å². The largest absolute Gasteiger partial charge is 0.481 e.